The Morgan fingerprint density at radius 1 is 1.56 bits per heavy atom. The van der Waals surface area contributed by atoms with E-state index in [4.69, 9.17) is 16.3 Å². The molecule has 1 atom stereocenters. The highest BCUT2D eigenvalue weighted by atomic mass is 35.5. The molecule has 1 fully saturated rings. The van der Waals surface area contributed by atoms with Gasteiger partial charge < -0.3 is 9.64 Å². The molecular weight excluding hydrogens is 224 g/mol. The summed E-state index contributed by atoms with van der Waals surface area (Å²) in [5.74, 6) is 3.16. The summed E-state index contributed by atoms with van der Waals surface area (Å²) in [4.78, 5) is 6.74. The maximum atomic E-state index is 5.77. The first-order valence-corrected chi connectivity index (χ1v) is 6.19. The number of nitrogens with zero attached hydrogens (tertiary/aromatic N) is 2. The largest absolute Gasteiger partial charge is 0.481 e. The maximum Gasteiger partial charge on any atom is 0.214 e. The molecule has 3 nitrogen and oxygen atoms in total. The van der Waals surface area contributed by atoms with Crippen LogP contribution in [0.25, 0.3) is 0 Å². The van der Waals surface area contributed by atoms with Crippen LogP contribution in [0.1, 0.15) is 12.8 Å². The second-order valence-corrected chi connectivity index (χ2v) is 4.49. The lowest BCUT2D eigenvalue weighted by Gasteiger charge is -2.17. The lowest BCUT2D eigenvalue weighted by molar-refractivity contribution is 0.398. The molecule has 1 aliphatic rings. The van der Waals surface area contributed by atoms with E-state index in [2.05, 4.69) is 9.88 Å². The first kappa shape index (κ1) is 11.5. The highest BCUT2D eigenvalue weighted by Crippen LogP contribution is 2.25. The molecule has 1 unspecified atom stereocenters. The summed E-state index contributed by atoms with van der Waals surface area (Å²) in [6.07, 6.45) is 2.31. The number of rotatable bonds is 4. The third-order valence-corrected chi connectivity index (χ3v) is 3.26. The van der Waals surface area contributed by atoms with E-state index in [0.29, 0.717) is 11.8 Å². The molecule has 0 radical (unpaired) electrons. The van der Waals surface area contributed by atoms with Crippen LogP contribution in [-0.2, 0) is 0 Å². The zero-order chi connectivity index (χ0) is 11.4. The number of aromatic nitrogens is 1. The molecule has 0 amide bonds. The monoisotopic (exact) mass is 240 g/mol. The highest BCUT2D eigenvalue weighted by Gasteiger charge is 2.22. The van der Waals surface area contributed by atoms with Crippen molar-refractivity contribution in [3.8, 4) is 5.88 Å². The Morgan fingerprint density at radius 2 is 2.44 bits per heavy atom. The minimum Gasteiger partial charge on any atom is -0.481 e. The summed E-state index contributed by atoms with van der Waals surface area (Å²) < 4.78 is 5.13. The predicted octanol–water partition coefficient (Wildman–Crippen LogP) is 2.55. The van der Waals surface area contributed by atoms with E-state index in [-0.39, 0.29) is 0 Å². The maximum absolute atomic E-state index is 5.77. The van der Waals surface area contributed by atoms with Crippen molar-refractivity contribution in [1.29, 1.82) is 0 Å². The molecule has 16 heavy (non-hydrogen) atoms. The fourth-order valence-electron chi connectivity index (χ4n) is 2.12. The molecule has 4 heteroatoms. The molecule has 2 heterocycles. The molecule has 0 spiro atoms. The standard InChI is InChI=1S/C12H17ClN2O/c1-16-12-4-2-3-11(14-12)15-8-6-10(9-15)5-7-13/h2-4,10H,5-9H2,1H3. The van der Waals surface area contributed by atoms with Gasteiger partial charge in [-0.25, -0.2) is 0 Å². The Balaban J connectivity index is 2.02. The molecular formula is C12H17ClN2O. The Kier molecular flexibility index (Phi) is 3.88. The Bertz CT molecular complexity index is 346. The number of hydrogen-bond donors (Lipinski definition) is 0. The average Bonchev–Trinajstić information content (AvgIpc) is 2.78. The number of methoxy groups -OCH3 is 1. The first-order valence-electron chi connectivity index (χ1n) is 5.65. The van der Waals surface area contributed by atoms with E-state index in [1.54, 1.807) is 7.11 Å². The summed E-state index contributed by atoms with van der Waals surface area (Å²) in [7, 11) is 1.65. The summed E-state index contributed by atoms with van der Waals surface area (Å²) in [6.45, 7) is 2.13. The number of pyridine rings is 1. The van der Waals surface area contributed by atoms with Crippen molar-refractivity contribution in [1.82, 2.24) is 4.98 Å². The molecule has 0 aromatic carbocycles. The third kappa shape index (κ3) is 2.59. The van der Waals surface area contributed by atoms with Crippen LogP contribution in [0.4, 0.5) is 5.82 Å². The van der Waals surface area contributed by atoms with Crippen LogP contribution in [0, 0.1) is 5.92 Å². The van der Waals surface area contributed by atoms with Crippen LogP contribution in [0.15, 0.2) is 18.2 Å². The first-order chi connectivity index (χ1) is 7.83. The number of anilines is 1. The zero-order valence-electron chi connectivity index (χ0n) is 9.53. The van der Waals surface area contributed by atoms with Gasteiger partial charge in [-0.2, -0.15) is 4.98 Å². The smallest absolute Gasteiger partial charge is 0.214 e. The molecule has 0 aliphatic carbocycles. The highest BCUT2D eigenvalue weighted by molar-refractivity contribution is 6.17. The quantitative estimate of drug-likeness (QED) is 0.757. The minimum atomic E-state index is 0.679. The number of alkyl halides is 1. The van der Waals surface area contributed by atoms with Crippen LogP contribution in [-0.4, -0.2) is 31.1 Å². The van der Waals surface area contributed by atoms with Crippen LogP contribution in [0.2, 0.25) is 0 Å². The van der Waals surface area contributed by atoms with Gasteiger partial charge in [0, 0.05) is 25.0 Å². The minimum absolute atomic E-state index is 0.679. The van der Waals surface area contributed by atoms with Crippen LogP contribution in [0.3, 0.4) is 0 Å². The topological polar surface area (TPSA) is 25.4 Å². The molecule has 0 N–H and O–H groups in total. The van der Waals surface area contributed by atoms with Crippen LogP contribution >= 0.6 is 11.6 Å². The number of hydrogen-bond acceptors (Lipinski definition) is 3. The van der Waals surface area contributed by atoms with E-state index < -0.39 is 0 Å². The Morgan fingerprint density at radius 3 is 3.19 bits per heavy atom. The van der Waals surface area contributed by atoms with Crippen molar-refractivity contribution in [2.45, 2.75) is 12.8 Å². The van der Waals surface area contributed by atoms with E-state index in [0.717, 1.165) is 31.2 Å². The van der Waals surface area contributed by atoms with Crippen LogP contribution in [0.5, 0.6) is 5.88 Å². The molecule has 1 aromatic rings. The molecule has 0 bridgehead atoms. The molecule has 88 valence electrons. The molecule has 2 rings (SSSR count). The number of ether oxygens (including phenoxy) is 1. The third-order valence-electron chi connectivity index (χ3n) is 3.05. The van der Waals surface area contributed by atoms with Gasteiger partial charge in [-0.15, -0.1) is 11.6 Å². The predicted molar refractivity (Wildman–Crippen MR) is 66.4 cm³/mol. The van der Waals surface area contributed by atoms with Crippen molar-refractivity contribution in [3.05, 3.63) is 18.2 Å². The van der Waals surface area contributed by atoms with Gasteiger partial charge in [0.2, 0.25) is 5.88 Å². The summed E-state index contributed by atoms with van der Waals surface area (Å²) in [6, 6.07) is 5.89. The van der Waals surface area contributed by atoms with E-state index in [1.165, 1.54) is 6.42 Å². The fourth-order valence-corrected chi connectivity index (χ4v) is 2.43. The van der Waals surface area contributed by atoms with Crippen molar-refractivity contribution < 1.29 is 4.74 Å². The van der Waals surface area contributed by atoms with Crippen molar-refractivity contribution in [2.24, 2.45) is 5.92 Å². The Hall–Kier alpha value is -0.960. The van der Waals surface area contributed by atoms with Gasteiger partial charge in [-0.05, 0) is 24.8 Å². The van der Waals surface area contributed by atoms with Gasteiger partial charge in [0.1, 0.15) is 5.82 Å². The van der Waals surface area contributed by atoms with Crippen molar-refractivity contribution in [2.75, 3.05) is 31.0 Å². The Labute approximate surface area is 101 Å². The number of halogens is 1. The SMILES string of the molecule is COc1cccc(N2CCC(CCCl)C2)n1. The van der Waals surface area contributed by atoms with Crippen LogP contribution < -0.4 is 9.64 Å². The van der Waals surface area contributed by atoms with Gasteiger partial charge in [-0.3, -0.25) is 0 Å². The summed E-state index contributed by atoms with van der Waals surface area (Å²) >= 11 is 5.77. The lowest BCUT2D eigenvalue weighted by atomic mass is 10.1. The summed E-state index contributed by atoms with van der Waals surface area (Å²) in [5, 5.41) is 0. The van der Waals surface area contributed by atoms with Gasteiger partial charge in [-0.1, -0.05) is 6.07 Å². The molecule has 1 aliphatic heterocycles. The van der Waals surface area contributed by atoms with Crippen molar-refractivity contribution >= 4 is 17.4 Å². The van der Waals surface area contributed by atoms with Gasteiger partial charge >= 0.3 is 0 Å². The van der Waals surface area contributed by atoms with E-state index >= 15 is 0 Å². The second kappa shape index (κ2) is 5.39. The zero-order valence-corrected chi connectivity index (χ0v) is 10.3. The van der Waals surface area contributed by atoms with E-state index in [1.807, 2.05) is 18.2 Å². The van der Waals surface area contributed by atoms with Crippen molar-refractivity contribution in [3.63, 3.8) is 0 Å². The normalized spacial score (nSPS) is 20.1. The molecule has 0 saturated carbocycles. The molecule has 1 saturated heterocycles. The second-order valence-electron chi connectivity index (χ2n) is 4.12. The van der Waals surface area contributed by atoms with Gasteiger partial charge in [0.05, 0.1) is 7.11 Å². The molecule has 1 aromatic heterocycles. The van der Waals surface area contributed by atoms with E-state index in [9.17, 15) is 0 Å². The fraction of sp³-hybridized carbons (Fsp3) is 0.583. The summed E-state index contributed by atoms with van der Waals surface area (Å²) in [5.41, 5.74) is 0. The lowest BCUT2D eigenvalue weighted by Crippen LogP contribution is -2.20. The van der Waals surface area contributed by atoms with Gasteiger partial charge in [0.25, 0.3) is 0 Å². The average molecular weight is 241 g/mol. The van der Waals surface area contributed by atoms with Gasteiger partial charge in [0.15, 0.2) is 0 Å².